The Bertz CT molecular complexity index is 316. The predicted octanol–water partition coefficient (Wildman–Crippen LogP) is 1.84. The van der Waals surface area contributed by atoms with Gasteiger partial charge in [0.25, 0.3) is 0 Å². The number of rotatable bonds is 3. The van der Waals surface area contributed by atoms with Crippen LogP contribution < -0.4 is 0 Å². The zero-order valence-electron chi connectivity index (χ0n) is 7.44. The highest BCUT2D eigenvalue weighted by atomic mass is 32.1. The number of carbonyl (C=O) groups is 2. The van der Waals surface area contributed by atoms with E-state index in [0.717, 1.165) is 11.8 Å². The SMILES string of the molecule is COC(=O)c1sccc1C(C)C=O. The van der Waals surface area contributed by atoms with Crippen LogP contribution in [0.2, 0.25) is 0 Å². The zero-order chi connectivity index (χ0) is 9.84. The van der Waals surface area contributed by atoms with Gasteiger partial charge in [-0.25, -0.2) is 4.79 Å². The summed E-state index contributed by atoms with van der Waals surface area (Å²) in [4.78, 5) is 22.2. The van der Waals surface area contributed by atoms with Gasteiger partial charge < -0.3 is 9.53 Å². The molecule has 0 aliphatic carbocycles. The van der Waals surface area contributed by atoms with Gasteiger partial charge in [0.2, 0.25) is 0 Å². The van der Waals surface area contributed by atoms with Crippen molar-refractivity contribution in [2.45, 2.75) is 12.8 Å². The normalized spacial score (nSPS) is 12.2. The van der Waals surface area contributed by atoms with Crippen LogP contribution in [0.4, 0.5) is 0 Å². The van der Waals surface area contributed by atoms with Crippen molar-refractivity contribution in [1.29, 1.82) is 0 Å². The van der Waals surface area contributed by atoms with Gasteiger partial charge in [-0.15, -0.1) is 11.3 Å². The second-order valence-corrected chi connectivity index (χ2v) is 3.54. The molecule has 1 atom stereocenters. The summed E-state index contributed by atoms with van der Waals surface area (Å²) in [5.74, 6) is -0.626. The number of ether oxygens (including phenoxy) is 1. The van der Waals surface area contributed by atoms with Crippen LogP contribution >= 0.6 is 11.3 Å². The van der Waals surface area contributed by atoms with Crippen LogP contribution in [-0.2, 0) is 9.53 Å². The van der Waals surface area contributed by atoms with Crippen molar-refractivity contribution in [3.63, 3.8) is 0 Å². The molecule has 0 bridgehead atoms. The van der Waals surface area contributed by atoms with Gasteiger partial charge >= 0.3 is 5.97 Å². The molecule has 1 rings (SSSR count). The molecule has 0 spiro atoms. The lowest BCUT2D eigenvalue weighted by atomic mass is 10.0. The lowest BCUT2D eigenvalue weighted by molar-refractivity contribution is -0.108. The number of hydrogen-bond acceptors (Lipinski definition) is 4. The van der Waals surface area contributed by atoms with E-state index in [1.54, 1.807) is 18.4 Å². The number of esters is 1. The fourth-order valence-corrected chi connectivity index (χ4v) is 1.93. The van der Waals surface area contributed by atoms with Crippen LogP contribution in [0.25, 0.3) is 0 Å². The molecular formula is C9H10O3S. The van der Waals surface area contributed by atoms with Gasteiger partial charge in [-0.2, -0.15) is 0 Å². The Hall–Kier alpha value is -1.16. The molecule has 3 nitrogen and oxygen atoms in total. The molecule has 1 unspecified atom stereocenters. The molecule has 13 heavy (non-hydrogen) atoms. The molecule has 4 heteroatoms. The Labute approximate surface area is 80.3 Å². The van der Waals surface area contributed by atoms with E-state index >= 15 is 0 Å². The zero-order valence-corrected chi connectivity index (χ0v) is 8.26. The molecule has 1 aromatic rings. The molecule has 0 aliphatic rings. The Balaban J connectivity index is 3.02. The van der Waals surface area contributed by atoms with Crippen molar-refractivity contribution >= 4 is 23.6 Å². The fourth-order valence-electron chi connectivity index (χ4n) is 1.01. The number of hydrogen-bond donors (Lipinski definition) is 0. The molecule has 70 valence electrons. The van der Waals surface area contributed by atoms with Gasteiger partial charge in [0, 0.05) is 5.92 Å². The largest absolute Gasteiger partial charge is 0.465 e. The summed E-state index contributed by atoms with van der Waals surface area (Å²) in [5, 5.41) is 1.78. The summed E-state index contributed by atoms with van der Waals surface area (Å²) in [7, 11) is 1.33. The minimum absolute atomic E-state index is 0.250. The van der Waals surface area contributed by atoms with Crippen LogP contribution in [0.15, 0.2) is 11.4 Å². The van der Waals surface area contributed by atoms with Crippen LogP contribution in [0.3, 0.4) is 0 Å². The monoisotopic (exact) mass is 198 g/mol. The van der Waals surface area contributed by atoms with Gasteiger partial charge in [0.15, 0.2) is 0 Å². The summed E-state index contributed by atoms with van der Waals surface area (Å²) >= 11 is 1.29. The molecule has 1 aromatic heterocycles. The summed E-state index contributed by atoms with van der Waals surface area (Å²) < 4.78 is 4.59. The van der Waals surface area contributed by atoms with Gasteiger partial charge in [-0.1, -0.05) is 6.92 Å². The molecule has 0 amide bonds. The standard InChI is InChI=1S/C9H10O3S/c1-6(5-10)7-3-4-13-8(7)9(11)12-2/h3-6H,1-2H3. The van der Waals surface area contributed by atoms with E-state index in [2.05, 4.69) is 4.74 Å². The predicted molar refractivity (Wildman–Crippen MR) is 50.1 cm³/mol. The molecule has 0 saturated carbocycles. The number of carbonyl (C=O) groups excluding carboxylic acids is 2. The maximum Gasteiger partial charge on any atom is 0.348 e. The highest BCUT2D eigenvalue weighted by molar-refractivity contribution is 7.12. The first-order chi connectivity index (χ1) is 6.20. The summed E-state index contributed by atoms with van der Waals surface area (Å²) in [6.07, 6.45) is 0.814. The van der Waals surface area contributed by atoms with Crippen molar-refractivity contribution in [2.75, 3.05) is 7.11 Å². The lowest BCUT2D eigenvalue weighted by Crippen LogP contribution is -2.04. The highest BCUT2D eigenvalue weighted by Gasteiger charge is 2.17. The lowest BCUT2D eigenvalue weighted by Gasteiger charge is -2.03. The van der Waals surface area contributed by atoms with E-state index in [-0.39, 0.29) is 11.9 Å². The Morgan fingerprint density at radius 2 is 2.38 bits per heavy atom. The molecule has 0 aliphatic heterocycles. The van der Waals surface area contributed by atoms with Gasteiger partial charge in [0.05, 0.1) is 7.11 Å². The first-order valence-electron chi connectivity index (χ1n) is 3.81. The topological polar surface area (TPSA) is 43.4 Å². The summed E-state index contributed by atoms with van der Waals surface area (Å²) in [6.45, 7) is 1.75. The Morgan fingerprint density at radius 1 is 1.69 bits per heavy atom. The third-order valence-corrected chi connectivity index (χ3v) is 2.67. The first kappa shape index (κ1) is 9.92. The van der Waals surface area contributed by atoms with Crippen LogP contribution in [0, 0.1) is 0 Å². The van der Waals surface area contributed by atoms with Crippen molar-refractivity contribution in [3.05, 3.63) is 21.9 Å². The minimum Gasteiger partial charge on any atom is -0.465 e. The Kier molecular flexibility index (Phi) is 3.19. The second-order valence-electron chi connectivity index (χ2n) is 2.62. The summed E-state index contributed by atoms with van der Waals surface area (Å²) in [5.41, 5.74) is 0.742. The van der Waals surface area contributed by atoms with Crippen molar-refractivity contribution < 1.29 is 14.3 Å². The van der Waals surface area contributed by atoms with E-state index in [0.29, 0.717) is 4.88 Å². The molecule has 0 aromatic carbocycles. The van der Waals surface area contributed by atoms with Crippen molar-refractivity contribution in [1.82, 2.24) is 0 Å². The molecular weight excluding hydrogens is 188 g/mol. The minimum atomic E-state index is -0.376. The quantitative estimate of drug-likeness (QED) is 0.549. The van der Waals surface area contributed by atoms with E-state index < -0.39 is 0 Å². The number of aldehydes is 1. The number of thiophene rings is 1. The maximum atomic E-state index is 11.2. The third-order valence-electron chi connectivity index (χ3n) is 1.76. The molecule has 0 N–H and O–H groups in total. The average Bonchev–Trinajstić information content (AvgIpc) is 2.63. The first-order valence-corrected chi connectivity index (χ1v) is 4.69. The smallest absolute Gasteiger partial charge is 0.348 e. The van der Waals surface area contributed by atoms with Crippen LogP contribution in [0.1, 0.15) is 28.1 Å². The molecule has 0 fully saturated rings. The van der Waals surface area contributed by atoms with E-state index in [1.807, 2.05) is 0 Å². The van der Waals surface area contributed by atoms with Crippen LogP contribution in [0.5, 0.6) is 0 Å². The molecule has 1 heterocycles. The van der Waals surface area contributed by atoms with Gasteiger partial charge in [-0.05, 0) is 17.0 Å². The van der Waals surface area contributed by atoms with E-state index in [9.17, 15) is 9.59 Å². The second kappa shape index (κ2) is 4.18. The summed E-state index contributed by atoms with van der Waals surface area (Å²) in [6, 6.07) is 1.77. The van der Waals surface area contributed by atoms with Crippen molar-refractivity contribution in [2.24, 2.45) is 0 Å². The number of methoxy groups -OCH3 is 1. The van der Waals surface area contributed by atoms with Gasteiger partial charge in [0.1, 0.15) is 11.2 Å². The maximum absolute atomic E-state index is 11.2. The highest BCUT2D eigenvalue weighted by Crippen LogP contribution is 2.24. The Morgan fingerprint density at radius 3 is 2.92 bits per heavy atom. The van der Waals surface area contributed by atoms with Crippen molar-refractivity contribution in [3.8, 4) is 0 Å². The molecule has 0 saturated heterocycles. The molecule has 0 radical (unpaired) electrons. The average molecular weight is 198 g/mol. The van der Waals surface area contributed by atoms with Crippen LogP contribution in [-0.4, -0.2) is 19.4 Å². The van der Waals surface area contributed by atoms with Gasteiger partial charge in [-0.3, -0.25) is 0 Å². The fraction of sp³-hybridized carbons (Fsp3) is 0.333. The van der Waals surface area contributed by atoms with E-state index in [1.165, 1.54) is 18.4 Å². The van der Waals surface area contributed by atoms with E-state index in [4.69, 9.17) is 0 Å². The third kappa shape index (κ3) is 1.95.